The standard InChI is InChI=1S/C22H21FN4O6/c1-30-15-7-5-11(9-13(15)20(28)32-3)18-17(23)19(24)27-22(26-18)25-12-6-8-16(31-2)14(10-12)21(29)33-4/h5-10H,1-4H3,(H3,24,25,26,27). The van der Waals surface area contributed by atoms with Crippen molar-refractivity contribution in [2.75, 3.05) is 39.5 Å². The van der Waals surface area contributed by atoms with Crippen LogP contribution in [0.4, 0.5) is 21.8 Å². The van der Waals surface area contributed by atoms with Gasteiger partial charge in [-0.3, -0.25) is 0 Å². The third-order valence-corrected chi connectivity index (χ3v) is 4.62. The summed E-state index contributed by atoms with van der Waals surface area (Å²) in [4.78, 5) is 32.2. The lowest BCUT2D eigenvalue weighted by atomic mass is 10.1. The second kappa shape index (κ2) is 9.81. The van der Waals surface area contributed by atoms with E-state index in [0.29, 0.717) is 11.4 Å². The molecule has 0 fully saturated rings. The molecule has 0 bridgehead atoms. The van der Waals surface area contributed by atoms with Gasteiger partial charge >= 0.3 is 11.9 Å². The fraction of sp³-hybridized carbons (Fsp3) is 0.182. The number of carbonyl (C=O) groups is 2. The molecule has 0 atom stereocenters. The van der Waals surface area contributed by atoms with Crippen LogP contribution in [0, 0.1) is 5.82 Å². The summed E-state index contributed by atoms with van der Waals surface area (Å²) >= 11 is 0. The van der Waals surface area contributed by atoms with Crippen molar-refractivity contribution in [2.45, 2.75) is 0 Å². The van der Waals surface area contributed by atoms with E-state index in [9.17, 15) is 14.0 Å². The van der Waals surface area contributed by atoms with E-state index >= 15 is 0 Å². The molecule has 0 aliphatic carbocycles. The minimum absolute atomic E-state index is 0.0414. The first kappa shape index (κ1) is 23.3. The molecule has 0 aliphatic rings. The molecule has 3 N–H and O–H groups in total. The van der Waals surface area contributed by atoms with Crippen molar-refractivity contribution < 1.29 is 32.9 Å². The van der Waals surface area contributed by atoms with Crippen LogP contribution in [0.3, 0.4) is 0 Å². The van der Waals surface area contributed by atoms with Crippen LogP contribution in [0.1, 0.15) is 20.7 Å². The number of nitrogens with zero attached hydrogens (tertiary/aromatic N) is 2. The van der Waals surface area contributed by atoms with Crippen LogP contribution in [0.25, 0.3) is 11.3 Å². The smallest absolute Gasteiger partial charge is 0.341 e. The van der Waals surface area contributed by atoms with E-state index in [0.717, 1.165) is 0 Å². The third kappa shape index (κ3) is 4.76. The maximum atomic E-state index is 14.8. The molecule has 0 aliphatic heterocycles. The number of aromatic nitrogens is 2. The Morgan fingerprint density at radius 3 is 2.03 bits per heavy atom. The summed E-state index contributed by atoms with van der Waals surface area (Å²) in [6.45, 7) is 0. The zero-order valence-corrected chi connectivity index (χ0v) is 18.3. The zero-order chi connectivity index (χ0) is 24.1. The first-order chi connectivity index (χ1) is 15.8. The minimum Gasteiger partial charge on any atom is -0.496 e. The first-order valence-corrected chi connectivity index (χ1v) is 9.46. The van der Waals surface area contributed by atoms with Gasteiger partial charge in [0.2, 0.25) is 5.95 Å². The highest BCUT2D eigenvalue weighted by Gasteiger charge is 2.20. The highest BCUT2D eigenvalue weighted by molar-refractivity contribution is 5.94. The van der Waals surface area contributed by atoms with Gasteiger partial charge in [-0.25, -0.2) is 19.0 Å². The average molecular weight is 456 g/mol. The summed E-state index contributed by atoms with van der Waals surface area (Å²) in [5.41, 5.74) is 6.50. The number of nitrogens with one attached hydrogen (secondary N) is 1. The van der Waals surface area contributed by atoms with Crippen molar-refractivity contribution >= 4 is 29.4 Å². The van der Waals surface area contributed by atoms with Crippen molar-refractivity contribution in [3.63, 3.8) is 0 Å². The molecule has 33 heavy (non-hydrogen) atoms. The molecule has 0 saturated heterocycles. The van der Waals surface area contributed by atoms with Gasteiger partial charge in [-0.1, -0.05) is 0 Å². The summed E-state index contributed by atoms with van der Waals surface area (Å²) in [5, 5.41) is 2.88. The lowest BCUT2D eigenvalue weighted by Gasteiger charge is -2.13. The predicted octanol–water partition coefficient (Wildman–Crippen LogP) is 3.20. The van der Waals surface area contributed by atoms with Gasteiger partial charge in [-0.15, -0.1) is 0 Å². The molecular weight excluding hydrogens is 435 g/mol. The number of hydrogen-bond donors (Lipinski definition) is 2. The number of halogens is 1. The lowest BCUT2D eigenvalue weighted by molar-refractivity contribution is 0.0588. The van der Waals surface area contributed by atoms with Gasteiger partial charge in [0.15, 0.2) is 11.6 Å². The topological polar surface area (TPSA) is 135 Å². The molecule has 1 aromatic heterocycles. The zero-order valence-electron chi connectivity index (χ0n) is 18.3. The van der Waals surface area contributed by atoms with Crippen molar-refractivity contribution in [1.29, 1.82) is 0 Å². The van der Waals surface area contributed by atoms with E-state index in [1.54, 1.807) is 12.1 Å². The first-order valence-electron chi connectivity index (χ1n) is 9.46. The summed E-state index contributed by atoms with van der Waals surface area (Å²) in [6, 6.07) is 9.00. The molecule has 0 saturated carbocycles. The fourth-order valence-corrected chi connectivity index (χ4v) is 3.02. The highest BCUT2D eigenvalue weighted by atomic mass is 19.1. The molecule has 0 unspecified atom stereocenters. The Labute approximate surface area is 188 Å². The maximum absolute atomic E-state index is 14.8. The Bertz CT molecular complexity index is 1220. The molecule has 11 heteroatoms. The Balaban J connectivity index is 2.05. The molecule has 3 aromatic rings. The molecule has 0 radical (unpaired) electrons. The van der Waals surface area contributed by atoms with Crippen molar-refractivity contribution in [2.24, 2.45) is 0 Å². The van der Waals surface area contributed by atoms with E-state index in [2.05, 4.69) is 15.3 Å². The van der Waals surface area contributed by atoms with Crippen molar-refractivity contribution in [3.8, 4) is 22.8 Å². The lowest BCUT2D eigenvalue weighted by Crippen LogP contribution is -2.08. The average Bonchev–Trinajstić information content (AvgIpc) is 2.84. The summed E-state index contributed by atoms with van der Waals surface area (Å²) in [5.74, 6) is -2.04. The second-order valence-electron chi connectivity index (χ2n) is 6.53. The number of anilines is 3. The molecule has 0 spiro atoms. The molecular formula is C22H21FN4O6. The largest absolute Gasteiger partial charge is 0.496 e. The SMILES string of the molecule is COC(=O)c1cc(Nc2nc(N)c(F)c(-c3ccc(OC)c(C(=O)OC)c3)n2)ccc1OC. The summed E-state index contributed by atoms with van der Waals surface area (Å²) in [7, 11) is 5.28. The van der Waals surface area contributed by atoms with Crippen molar-refractivity contribution in [1.82, 2.24) is 9.97 Å². The number of hydrogen-bond acceptors (Lipinski definition) is 10. The van der Waals surface area contributed by atoms with Gasteiger partial charge in [0, 0.05) is 11.3 Å². The number of methoxy groups -OCH3 is 4. The number of carbonyl (C=O) groups excluding carboxylic acids is 2. The van der Waals surface area contributed by atoms with Gasteiger partial charge in [0.05, 0.1) is 28.4 Å². The van der Waals surface area contributed by atoms with E-state index in [4.69, 9.17) is 24.7 Å². The fourth-order valence-electron chi connectivity index (χ4n) is 3.02. The quantitative estimate of drug-likeness (QED) is 0.510. The Morgan fingerprint density at radius 2 is 1.45 bits per heavy atom. The van der Waals surface area contributed by atoms with E-state index < -0.39 is 23.6 Å². The second-order valence-corrected chi connectivity index (χ2v) is 6.53. The van der Waals surface area contributed by atoms with Crippen LogP contribution >= 0.6 is 0 Å². The molecule has 3 rings (SSSR count). The van der Waals surface area contributed by atoms with Crippen LogP contribution in [0.5, 0.6) is 11.5 Å². The number of nitrogens with two attached hydrogens (primary N) is 1. The van der Waals surface area contributed by atoms with E-state index in [1.165, 1.54) is 52.7 Å². The summed E-state index contributed by atoms with van der Waals surface area (Å²) in [6.07, 6.45) is 0. The molecule has 172 valence electrons. The number of nitrogen functional groups attached to an aromatic ring is 1. The highest BCUT2D eigenvalue weighted by Crippen LogP contribution is 2.31. The Kier molecular flexibility index (Phi) is 6.91. The van der Waals surface area contributed by atoms with Gasteiger partial charge in [0.25, 0.3) is 0 Å². The van der Waals surface area contributed by atoms with Gasteiger partial charge in [0.1, 0.15) is 28.3 Å². The van der Waals surface area contributed by atoms with Crippen LogP contribution in [0.2, 0.25) is 0 Å². The van der Waals surface area contributed by atoms with Gasteiger partial charge in [-0.2, -0.15) is 4.98 Å². The third-order valence-electron chi connectivity index (χ3n) is 4.62. The van der Waals surface area contributed by atoms with Crippen molar-refractivity contribution in [3.05, 3.63) is 53.3 Å². The summed E-state index contributed by atoms with van der Waals surface area (Å²) < 4.78 is 34.7. The van der Waals surface area contributed by atoms with Crippen LogP contribution < -0.4 is 20.5 Å². The number of rotatable bonds is 7. The van der Waals surface area contributed by atoms with E-state index in [-0.39, 0.29) is 34.1 Å². The minimum atomic E-state index is -0.869. The van der Waals surface area contributed by atoms with Gasteiger partial charge in [-0.05, 0) is 36.4 Å². The number of benzene rings is 2. The number of esters is 2. The number of ether oxygens (including phenoxy) is 4. The maximum Gasteiger partial charge on any atom is 0.341 e. The molecule has 2 aromatic carbocycles. The van der Waals surface area contributed by atoms with Gasteiger partial charge < -0.3 is 30.0 Å². The molecule has 1 heterocycles. The van der Waals surface area contributed by atoms with E-state index in [1.807, 2.05) is 0 Å². The van der Waals surface area contributed by atoms with Crippen LogP contribution in [-0.4, -0.2) is 50.3 Å². The monoisotopic (exact) mass is 456 g/mol. The normalized spacial score (nSPS) is 10.3. The van der Waals surface area contributed by atoms with Crippen LogP contribution in [-0.2, 0) is 9.47 Å². The van der Waals surface area contributed by atoms with Crippen LogP contribution in [0.15, 0.2) is 36.4 Å². The predicted molar refractivity (Wildman–Crippen MR) is 117 cm³/mol. The Hall–Kier alpha value is -4.41. The molecule has 10 nitrogen and oxygen atoms in total. The molecule has 0 amide bonds. The Morgan fingerprint density at radius 1 is 0.879 bits per heavy atom.